The molecule has 3 aromatic heterocycles. The summed E-state index contributed by atoms with van der Waals surface area (Å²) in [6, 6.07) is 44.2. The van der Waals surface area contributed by atoms with E-state index < -0.39 is 19.7 Å². The number of rotatable bonds is 13. The lowest BCUT2D eigenvalue weighted by molar-refractivity contribution is -0.394. The van der Waals surface area contributed by atoms with Crippen LogP contribution in [0.3, 0.4) is 0 Å². The zero-order valence-corrected chi connectivity index (χ0v) is 34.5. The van der Waals surface area contributed by atoms with Gasteiger partial charge in [0.2, 0.25) is 0 Å². The molecular formula is C48H36N8O10. The minimum absolute atomic E-state index is 0.0147. The molecule has 328 valence electrons. The Labute approximate surface area is 375 Å². The van der Waals surface area contributed by atoms with Gasteiger partial charge in [0, 0.05) is 103 Å². The van der Waals surface area contributed by atoms with E-state index in [4.69, 9.17) is 0 Å². The fraction of sp³-hybridized carbons (Fsp3) is 0.0625. The second-order valence-electron chi connectivity index (χ2n) is 14.2. The van der Waals surface area contributed by atoms with E-state index in [0.29, 0.717) is 12.0 Å². The summed E-state index contributed by atoms with van der Waals surface area (Å²) in [5.41, 5.74) is 6.80. The van der Waals surface area contributed by atoms with Crippen LogP contribution in [0, 0.1) is 50.6 Å². The summed E-state index contributed by atoms with van der Waals surface area (Å²) in [6.45, 7) is 0. The fourth-order valence-electron chi connectivity index (χ4n) is 6.98. The predicted octanol–water partition coefficient (Wildman–Crippen LogP) is 10.7. The van der Waals surface area contributed by atoms with Gasteiger partial charge in [0.25, 0.3) is 28.4 Å². The number of hydrogen-bond donors (Lipinski definition) is 0. The maximum atomic E-state index is 11.0. The molecule has 0 saturated carbocycles. The van der Waals surface area contributed by atoms with Crippen molar-refractivity contribution >= 4 is 28.4 Å². The molecule has 18 nitrogen and oxygen atoms in total. The first-order chi connectivity index (χ1) is 31.9. The molecule has 0 amide bonds. The molecule has 0 aliphatic carbocycles. The average Bonchev–Trinajstić information content (AvgIpc) is 3.34. The molecule has 0 saturated heterocycles. The number of benzene rings is 5. The van der Waals surface area contributed by atoms with E-state index in [2.05, 4.69) is 27.1 Å². The number of nitro groups is 5. The van der Waals surface area contributed by atoms with Crippen LogP contribution in [-0.4, -0.2) is 39.6 Å². The van der Waals surface area contributed by atoms with Gasteiger partial charge in [0.1, 0.15) is 0 Å². The summed E-state index contributed by atoms with van der Waals surface area (Å²) < 4.78 is 0. The van der Waals surface area contributed by atoms with Crippen molar-refractivity contribution in [2.24, 2.45) is 0 Å². The lowest BCUT2D eigenvalue weighted by atomic mass is 9.85. The number of pyridine rings is 3. The van der Waals surface area contributed by atoms with Crippen molar-refractivity contribution < 1.29 is 24.6 Å². The molecule has 8 rings (SSSR count). The third-order valence-electron chi connectivity index (χ3n) is 10.1. The quantitative estimate of drug-likeness (QED) is 0.0772. The number of nitrogens with zero attached hydrogens (tertiary/aromatic N) is 8. The molecule has 5 aromatic carbocycles. The van der Waals surface area contributed by atoms with Crippen LogP contribution in [0.5, 0.6) is 0 Å². The van der Waals surface area contributed by atoms with E-state index in [-0.39, 0.29) is 45.2 Å². The van der Waals surface area contributed by atoms with Crippen molar-refractivity contribution in [3.63, 3.8) is 0 Å². The van der Waals surface area contributed by atoms with E-state index in [1.807, 2.05) is 54.6 Å². The van der Waals surface area contributed by atoms with Crippen LogP contribution in [0.15, 0.2) is 195 Å². The van der Waals surface area contributed by atoms with Gasteiger partial charge in [0.15, 0.2) is 0 Å². The van der Waals surface area contributed by atoms with E-state index in [1.54, 1.807) is 85.7 Å². The number of hydrogen-bond acceptors (Lipinski definition) is 13. The Balaban J connectivity index is 0.000000165. The SMILES string of the molecule is O=[N+]([O-])c1ccc(C(c2ccccc2)c2ccncc2)cc1.O=[N+]([O-])c1ccc(C(c2ccncc2)c2ccc([N+](=O)[O-])cc2)cc1.O=[N+]([O-])c1ccc(Cc2ccncc2)c([N+](=O)[O-])c1. The molecule has 0 aliphatic rings. The van der Waals surface area contributed by atoms with E-state index in [0.717, 1.165) is 45.0 Å². The Kier molecular flexibility index (Phi) is 15.4. The first kappa shape index (κ1) is 46.1. The highest BCUT2D eigenvalue weighted by Crippen LogP contribution is 2.35. The summed E-state index contributed by atoms with van der Waals surface area (Å²) >= 11 is 0. The summed E-state index contributed by atoms with van der Waals surface area (Å²) in [7, 11) is 0. The Morgan fingerprint density at radius 3 is 1.02 bits per heavy atom. The zero-order valence-electron chi connectivity index (χ0n) is 34.5. The zero-order chi connectivity index (χ0) is 47.0. The van der Waals surface area contributed by atoms with E-state index >= 15 is 0 Å². The molecule has 1 atom stereocenters. The molecule has 0 radical (unpaired) electrons. The molecule has 0 aliphatic heterocycles. The number of aromatic nitrogens is 3. The Morgan fingerprint density at radius 2 is 0.667 bits per heavy atom. The Morgan fingerprint density at radius 1 is 0.348 bits per heavy atom. The van der Waals surface area contributed by atoms with E-state index in [9.17, 15) is 50.6 Å². The molecule has 0 fully saturated rings. The molecular weight excluding hydrogens is 849 g/mol. The molecule has 0 bridgehead atoms. The van der Waals surface area contributed by atoms with Crippen molar-refractivity contribution in [1.29, 1.82) is 0 Å². The van der Waals surface area contributed by atoms with Crippen LogP contribution in [0.1, 0.15) is 56.3 Å². The highest BCUT2D eigenvalue weighted by molar-refractivity contribution is 5.51. The fourth-order valence-corrected chi connectivity index (χ4v) is 6.98. The Hall–Kier alpha value is -9.45. The van der Waals surface area contributed by atoms with Crippen LogP contribution in [0.4, 0.5) is 28.4 Å². The predicted molar refractivity (Wildman–Crippen MR) is 243 cm³/mol. The molecule has 3 heterocycles. The molecule has 0 N–H and O–H groups in total. The molecule has 18 heteroatoms. The van der Waals surface area contributed by atoms with Gasteiger partial charge in [-0.25, -0.2) is 0 Å². The summed E-state index contributed by atoms with van der Waals surface area (Å²) in [6.07, 6.45) is 10.4. The highest BCUT2D eigenvalue weighted by Gasteiger charge is 2.21. The molecule has 8 aromatic rings. The van der Waals surface area contributed by atoms with Gasteiger partial charge in [-0.2, -0.15) is 0 Å². The van der Waals surface area contributed by atoms with Crippen LogP contribution in [-0.2, 0) is 6.42 Å². The molecule has 1 unspecified atom stereocenters. The largest absolute Gasteiger partial charge is 0.279 e. The van der Waals surface area contributed by atoms with Crippen molar-refractivity contribution in [1.82, 2.24) is 15.0 Å². The van der Waals surface area contributed by atoms with Crippen LogP contribution in [0.2, 0.25) is 0 Å². The van der Waals surface area contributed by atoms with Crippen molar-refractivity contribution in [2.75, 3.05) is 0 Å². The van der Waals surface area contributed by atoms with Gasteiger partial charge in [-0.1, -0.05) is 66.7 Å². The van der Waals surface area contributed by atoms with Gasteiger partial charge in [-0.05, 0) is 81.4 Å². The number of nitro benzene ring substituents is 5. The summed E-state index contributed by atoms with van der Waals surface area (Å²) in [4.78, 5) is 63.5. The van der Waals surface area contributed by atoms with Gasteiger partial charge >= 0.3 is 0 Å². The van der Waals surface area contributed by atoms with Crippen LogP contribution >= 0.6 is 0 Å². The summed E-state index contributed by atoms with van der Waals surface area (Å²) in [5, 5.41) is 54.1. The minimum atomic E-state index is -0.650. The smallest absolute Gasteiger partial charge is 0.265 e. The first-order valence-corrected chi connectivity index (χ1v) is 19.8. The lowest BCUT2D eigenvalue weighted by Crippen LogP contribution is -2.04. The topological polar surface area (TPSA) is 254 Å². The van der Waals surface area contributed by atoms with Crippen LogP contribution < -0.4 is 0 Å². The lowest BCUT2D eigenvalue weighted by Gasteiger charge is -2.18. The maximum absolute atomic E-state index is 11.0. The van der Waals surface area contributed by atoms with Crippen molar-refractivity contribution in [3.8, 4) is 0 Å². The van der Waals surface area contributed by atoms with Gasteiger partial charge in [-0.15, -0.1) is 0 Å². The van der Waals surface area contributed by atoms with Gasteiger partial charge in [-0.3, -0.25) is 65.5 Å². The second-order valence-corrected chi connectivity index (χ2v) is 14.2. The van der Waals surface area contributed by atoms with Crippen molar-refractivity contribution in [3.05, 3.63) is 290 Å². The summed E-state index contributed by atoms with van der Waals surface area (Å²) in [5.74, 6) is -0.172. The molecule has 66 heavy (non-hydrogen) atoms. The number of non-ortho nitro benzene ring substituents is 4. The third kappa shape index (κ3) is 12.1. The highest BCUT2D eigenvalue weighted by atomic mass is 16.6. The minimum Gasteiger partial charge on any atom is -0.265 e. The van der Waals surface area contributed by atoms with E-state index in [1.165, 1.54) is 36.4 Å². The Bertz CT molecular complexity index is 2820. The third-order valence-corrected chi connectivity index (χ3v) is 10.1. The average molecular weight is 885 g/mol. The van der Waals surface area contributed by atoms with Crippen LogP contribution in [0.25, 0.3) is 0 Å². The van der Waals surface area contributed by atoms with Gasteiger partial charge < -0.3 is 0 Å². The van der Waals surface area contributed by atoms with Gasteiger partial charge in [0.05, 0.1) is 30.7 Å². The standard InChI is InChI=1S/C18H13N3O4.C18H14N2O2.C12H9N3O4/c22-20(23)16-5-1-13(2-6-16)18(15-9-11-19-12-10-15)14-3-7-17(8-4-14)21(24)25;21-20(22)17-8-6-15(7-9-17)18(14-4-2-1-3-5-14)16-10-12-19-13-11-16;16-14(17)11-2-1-10(12(8-11)15(18)19)7-9-3-5-13-6-4-9/h1-12,18H;1-13,18H;1-6,8H,7H2. The monoisotopic (exact) mass is 884 g/mol. The van der Waals surface area contributed by atoms with Crippen molar-refractivity contribution in [2.45, 2.75) is 18.3 Å². The second kappa shape index (κ2) is 22.1. The molecule has 0 spiro atoms. The normalized spacial score (nSPS) is 10.9. The maximum Gasteiger partial charge on any atom is 0.279 e. The first-order valence-electron chi connectivity index (χ1n) is 19.8.